The lowest BCUT2D eigenvalue weighted by Gasteiger charge is -2.21. The molecule has 2 bridgehead atoms. The number of aryl methyl sites for hydroxylation is 1. The number of allylic oxidation sites excluding steroid dienone is 2. The van der Waals surface area contributed by atoms with Crippen LogP contribution in [0.25, 0.3) is 16.8 Å². The molecule has 0 amide bonds. The lowest BCUT2D eigenvalue weighted by Crippen LogP contribution is -2.22. The molecule has 0 spiro atoms. The number of nitrogens with zero attached hydrogens (tertiary/aromatic N) is 4. The number of ether oxygens (including phenoxy) is 1. The van der Waals surface area contributed by atoms with E-state index >= 15 is 0 Å². The van der Waals surface area contributed by atoms with Crippen LogP contribution in [0.15, 0.2) is 48.2 Å². The first kappa shape index (κ1) is 19.5. The highest BCUT2D eigenvalue weighted by Crippen LogP contribution is 2.35. The van der Waals surface area contributed by atoms with Crippen molar-refractivity contribution in [2.45, 2.75) is 6.61 Å². The Bertz CT molecular complexity index is 1400. The molecule has 8 nitrogen and oxygen atoms in total. The highest BCUT2D eigenvalue weighted by Gasteiger charge is 2.29. The monoisotopic (exact) mass is 428 g/mol. The number of nitrogens with one attached hydrogen (secondary N) is 1. The quantitative estimate of drug-likeness (QED) is 0.565. The van der Waals surface area contributed by atoms with Crippen LogP contribution in [-0.2, 0) is 13.7 Å². The van der Waals surface area contributed by atoms with Crippen molar-refractivity contribution in [1.82, 2.24) is 20.1 Å². The van der Waals surface area contributed by atoms with Crippen LogP contribution in [0.1, 0.15) is 27.3 Å². The second-order valence-corrected chi connectivity index (χ2v) is 7.41. The Morgan fingerprint density at radius 2 is 2.19 bits per heavy atom. The van der Waals surface area contributed by atoms with Gasteiger partial charge in [0.15, 0.2) is 11.6 Å². The van der Waals surface area contributed by atoms with E-state index < -0.39 is 5.82 Å². The number of rotatable bonds is 0. The number of carbonyl (C=O) groups is 1. The van der Waals surface area contributed by atoms with E-state index in [-0.39, 0.29) is 35.3 Å². The van der Waals surface area contributed by atoms with Gasteiger partial charge in [-0.1, -0.05) is 12.2 Å². The number of aromatic nitrogens is 3. The van der Waals surface area contributed by atoms with Crippen LogP contribution in [0.5, 0.6) is 5.75 Å². The summed E-state index contributed by atoms with van der Waals surface area (Å²) in [6.07, 6.45) is 5.00. The van der Waals surface area contributed by atoms with Crippen LogP contribution < -0.4 is 15.8 Å². The average Bonchev–Trinajstić information content (AvgIpc) is 3.13. The van der Waals surface area contributed by atoms with Crippen molar-refractivity contribution in [2.75, 3.05) is 12.3 Å². The predicted molar refractivity (Wildman–Crippen MR) is 115 cm³/mol. The molecule has 3 N–H and O–H groups in total. The summed E-state index contributed by atoms with van der Waals surface area (Å²) < 4.78 is 21.4. The smallest absolute Gasteiger partial charge is 0.216 e. The number of hydrogen-bond acceptors (Lipinski definition) is 7. The van der Waals surface area contributed by atoms with Crippen LogP contribution in [-0.4, -0.2) is 27.1 Å². The molecule has 32 heavy (non-hydrogen) atoms. The summed E-state index contributed by atoms with van der Waals surface area (Å²) in [6, 6.07) is 8.02. The zero-order valence-corrected chi connectivity index (χ0v) is 17.0. The Kier molecular flexibility index (Phi) is 4.48. The highest BCUT2D eigenvalue weighted by molar-refractivity contribution is 6.17. The van der Waals surface area contributed by atoms with Crippen LogP contribution >= 0.6 is 0 Å². The van der Waals surface area contributed by atoms with Crippen molar-refractivity contribution in [3.8, 4) is 22.9 Å². The molecule has 158 valence electrons. The maximum Gasteiger partial charge on any atom is 0.216 e. The Labute approximate surface area is 182 Å². The molecule has 5 rings (SSSR count). The molecule has 0 fully saturated rings. The van der Waals surface area contributed by atoms with Gasteiger partial charge < -0.3 is 15.8 Å². The number of nitrogen functional groups attached to an aromatic ring is 1. The van der Waals surface area contributed by atoms with Crippen molar-refractivity contribution in [3.63, 3.8) is 0 Å². The third-order valence-electron chi connectivity index (χ3n) is 5.45. The molecule has 0 radical (unpaired) electrons. The maximum absolute atomic E-state index is 14.1. The molecule has 0 aliphatic carbocycles. The van der Waals surface area contributed by atoms with Gasteiger partial charge in [-0.3, -0.25) is 9.48 Å². The first-order valence-electron chi connectivity index (χ1n) is 9.82. The molecule has 0 unspecified atom stereocenters. The second kappa shape index (κ2) is 7.35. The highest BCUT2D eigenvalue weighted by atomic mass is 19.1. The fraction of sp³-hybridized carbons (Fsp3) is 0.130. The summed E-state index contributed by atoms with van der Waals surface area (Å²) >= 11 is 0. The van der Waals surface area contributed by atoms with Crippen molar-refractivity contribution in [3.05, 3.63) is 76.5 Å². The predicted octanol–water partition coefficient (Wildman–Crippen LogP) is 2.72. The van der Waals surface area contributed by atoms with E-state index in [0.29, 0.717) is 40.1 Å². The topological polar surface area (TPSA) is 119 Å². The van der Waals surface area contributed by atoms with Crippen molar-refractivity contribution >= 4 is 17.3 Å². The Hall–Kier alpha value is -4.45. The van der Waals surface area contributed by atoms with E-state index in [0.717, 1.165) is 0 Å². The van der Waals surface area contributed by atoms with Crippen LogP contribution in [0.2, 0.25) is 0 Å². The van der Waals surface area contributed by atoms with Crippen molar-refractivity contribution < 1.29 is 13.9 Å². The number of dihydropyridines is 1. The zero-order valence-electron chi connectivity index (χ0n) is 17.0. The number of anilines is 1. The minimum Gasteiger partial charge on any atom is -0.485 e. The number of benzene rings is 1. The molecule has 9 heteroatoms. The SMILES string of the molecule is Cn1nc2c(c1C#N)-c1cnc(N)c(c1)OCc1cc(F)ccc1C1=C(C=CCN1)C2=O. The number of Topliss-reactive ketones (excluding diaryl/α,β-unsaturated/α-hetero) is 1. The van der Waals surface area contributed by atoms with Gasteiger partial charge in [0.2, 0.25) is 5.78 Å². The molecule has 1 aromatic carbocycles. The van der Waals surface area contributed by atoms with E-state index in [9.17, 15) is 14.4 Å². The summed E-state index contributed by atoms with van der Waals surface area (Å²) in [5.41, 5.74) is 9.20. The fourth-order valence-electron chi connectivity index (χ4n) is 3.95. The van der Waals surface area contributed by atoms with E-state index in [2.05, 4.69) is 21.5 Å². The van der Waals surface area contributed by atoms with Gasteiger partial charge in [-0.05, 0) is 24.3 Å². The normalized spacial score (nSPS) is 14.7. The first-order chi connectivity index (χ1) is 15.5. The van der Waals surface area contributed by atoms with E-state index in [4.69, 9.17) is 10.5 Å². The standard InChI is InChI=1S/C23H17FN6O2/c1-30-17(9-25)19-12-8-18(23(26)28-10-12)32-11-13-7-14(24)4-5-15(13)20-16(3-2-6-27-20)22(31)21(19)29-30/h2-5,7-8,10,27H,6,11H2,1H3,(H2,26,28). The van der Waals surface area contributed by atoms with E-state index in [1.54, 1.807) is 25.3 Å². The summed E-state index contributed by atoms with van der Waals surface area (Å²) in [5.74, 6) is -0.400. The average molecular weight is 428 g/mol. The lowest BCUT2D eigenvalue weighted by molar-refractivity contribution is 0.103. The van der Waals surface area contributed by atoms with Crippen molar-refractivity contribution in [1.29, 1.82) is 5.26 Å². The summed E-state index contributed by atoms with van der Waals surface area (Å²) in [6.45, 7) is 0.502. The summed E-state index contributed by atoms with van der Waals surface area (Å²) in [5, 5.41) is 17.3. The molecule has 2 aliphatic rings. The number of nitrogens with two attached hydrogens (primary N) is 1. The third kappa shape index (κ3) is 3.01. The molecular formula is C23H17FN6O2. The van der Waals surface area contributed by atoms with Gasteiger partial charge in [0, 0.05) is 42.1 Å². The van der Waals surface area contributed by atoms with Gasteiger partial charge in [0.05, 0.1) is 11.3 Å². The molecule has 3 aromatic rings. The van der Waals surface area contributed by atoms with Crippen LogP contribution in [0.4, 0.5) is 10.2 Å². The Morgan fingerprint density at radius 3 is 3.00 bits per heavy atom. The minimum atomic E-state index is -0.426. The van der Waals surface area contributed by atoms with Crippen LogP contribution in [0, 0.1) is 17.1 Å². The van der Waals surface area contributed by atoms with Gasteiger partial charge in [0.25, 0.3) is 0 Å². The van der Waals surface area contributed by atoms with Gasteiger partial charge in [-0.25, -0.2) is 9.37 Å². The number of fused-ring (bicyclic) bond motifs is 6. The van der Waals surface area contributed by atoms with E-state index in [1.807, 2.05) is 6.08 Å². The van der Waals surface area contributed by atoms with Crippen molar-refractivity contribution in [2.24, 2.45) is 7.05 Å². The lowest BCUT2D eigenvalue weighted by atomic mass is 9.92. The molecule has 0 saturated heterocycles. The number of hydrogen-bond donors (Lipinski definition) is 2. The second-order valence-electron chi connectivity index (χ2n) is 7.41. The van der Waals surface area contributed by atoms with Gasteiger partial charge in [-0.2, -0.15) is 10.4 Å². The number of nitriles is 1. The van der Waals surface area contributed by atoms with E-state index in [1.165, 1.54) is 23.0 Å². The first-order valence-corrected chi connectivity index (χ1v) is 9.82. The number of carbonyl (C=O) groups excluding carboxylic acids is 1. The summed E-state index contributed by atoms with van der Waals surface area (Å²) in [7, 11) is 1.60. The molecule has 0 atom stereocenters. The van der Waals surface area contributed by atoms with Gasteiger partial charge in [0.1, 0.15) is 29.9 Å². The summed E-state index contributed by atoms with van der Waals surface area (Å²) in [4.78, 5) is 17.9. The molecule has 0 saturated carbocycles. The Balaban J connectivity index is 1.86. The number of pyridine rings is 1. The third-order valence-corrected chi connectivity index (χ3v) is 5.45. The fourth-order valence-corrected chi connectivity index (χ4v) is 3.95. The number of ketones is 1. The van der Waals surface area contributed by atoms with Crippen LogP contribution in [0.3, 0.4) is 0 Å². The minimum absolute atomic E-state index is 0.00377. The largest absolute Gasteiger partial charge is 0.485 e. The van der Waals surface area contributed by atoms with Gasteiger partial charge >= 0.3 is 0 Å². The molecule has 2 aromatic heterocycles. The number of halogens is 1. The maximum atomic E-state index is 14.1. The molecule has 4 heterocycles. The Morgan fingerprint density at radius 1 is 1.34 bits per heavy atom. The molecular weight excluding hydrogens is 411 g/mol. The molecule has 2 aliphatic heterocycles. The van der Waals surface area contributed by atoms with Gasteiger partial charge in [-0.15, -0.1) is 0 Å². The zero-order chi connectivity index (χ0) is 22.4.